The molecular weight excluding hydrogens is 264 g/mol. The number of hydrogen-bond acceptors (Lipinski definition) is 2. The summed E-state index contributed by atoms with van der Waals surface area (Å²) in [6.45, 7) is -4.10. The summed E-state index contributed by atoms with van der Waals surface area (Å²) in [7, 11) is 0. The van der Waals surface area contributed by atoms with Crippen LogP contribution in [0.15, 0.2) is 0 Å². The Morgan fingerprint density at radius 3 is 1.18 bits per heavy atom. The van der Waals surface area contributed by atoms with E-state index in [1.165, 1.54) is 0 Å². The molecule has 10 heterocycles. The molecule has 10 fully saturated rings. The summed E-state index contributed by atoms with van der Waals surface area (Å²) in [5, 5.41) is 19.7. The molecule has 2 N–H and O–H groups in total. The molecule has 0 amide bonds. The van der Waals surface area contributed by atoms with E-state index in [1.54, 1.807) is 0 Å². The standard InChI is InChI=1S/2C6H5O2.Fe/c2*7-6(8)5-3-1-2-4-5;/h2*1-4H,(H,7,8);. The van der Waals surface area contributed by atoms with Crippen LogP contribution in [0, 0.1) is 0 Å². The first-order chi connectivity index (χ1) is 7.82. The molecule has 1 spiro atoms. The van der Waals surface area contributed by atoms with E-state index in [-0.39, 0.29) is 8.63 Å². The Kier molecular flexibility index (Phi) is 0.154. The van der Waals surface area contributed by atoms with Gasteiger partial charge in [-0.3, -0.25) is 0 Å². The number of rotatable bonds is 2. The van der Waals surface area contributed by atoms with Gasteiger partial charge in [-0.1, -0.05) is 0 Å². The molecule has 0 aromatic carbocycles. The number of fused-ring (bicyclic) bond motifs is 10. The Hall–Kier alpha value is -0.541. The molecule has 0 aromatic heterocycles. The number of carboxylic acids is 2. The molecule has 10 aliphatic heterocycles. The number of hydrogen-bond donors (Lipinski definition) is 2. The van der Waals surface area contributed by atoms with Crippen LogP contribution >= 0.6 is 0 Å². The van der Waals surface area contributed by atoms with Crippen molar-refractivity contribution in [3.05, 3.63) is 0 Å². The average molecular weight is 274 g/mol. The summed E-state index contributed by atoms with van der Waals surface area (Å²) in [4.78, 5) is 28.9. The van der Waals surface area contributed by atoms with Gasteiger partial charge in [0.05, 0.1) is 0 Å². The maximum atomic E-state index is 12.0. The van der Waals surface area contributed by atoms with E-state index < -0.39 is 18.4 Å². The van der Waals surface area contributed by atoms with Gasteiger partial charge in [0.15, 0.2) is 0 Å². The Labute approximate surface area is 85.7 Å². The van der Waals surface area contributed by atoms with Gasteiger partial charge in [0.1, 0.15) is 0 Å². The van der Waals surface area contributed by atoms with Gasteiger partial charge in [0.2, 0.25) is 0 Å². The van der Waals surface area contributed by atoms with Gasteiger partial charge in [-0.25, -0.2) is 0 Å². The molecule has 5 heteroatoms. The minimum absolute atomic E-state index is 0.327. The zero-order valence-corrected chi connectivity index (χ0v) is 9.79. The Morgan fingerprint density at radius 2 is 1.06 bits per heavy atom. The zero-order valence-electron chi connectivity index (χ0n) is 8.68. The second-order valence-electron chi connectivity index (χ2n) is 10.4. The Balaban J connectivity index is 1.78. The summed E-state index contributed by atoms with van der Waals surface area (Å²) in [5.41, 5.74) is 0. The molecule has 10 rings (SSSR count). The molecule has 10 aliphatic rings. The topological polar surface area (TPSA) is 74.6 Å². The third-order valence-corrected chi connectivity index (χ3v) is 58.1. The molecule has 0 saturated carbocycles. The van der Waals surface area contributed by atoms with E-state index in [2.05, 4.69) is 0 Å². The van der Waals surface area contributed by atoms with E-state index >= 15 is 0 Å². The van der Waals surface area contributed by atoms with Crippen LogP contribution in [0.2, 0.25) is 47.2 Å². The van der Waals surface area contributed by atoms with Crippen LogP contribution in [0.25, 0.3) is 0 Å². The van der Waals surface area contributed by atoms with Crippen LogP contribution in [0.3, 0.4) is 0 Å². The monoisotopic (exact) mass is 274 g/mol. The molecule has 17 heavy (non-hydrogen) atoms. The predicted molar refractivity (Wildman–Crippen MR) is 50.7 cm³/mol. The molecule has 0 aliphatic carbocycles. The van der Waals surface area contributed by atoms with E-state index in [1.807, 2.05) is 0 Å². The molecular formula is C12H10FeO4. The fourth-order valence-corrected chi connectivity index (χ4v) is 92.6. The fourth-order valence-electron chi connectivity index (χ4n) is 17.7. The van der Waals surface area contributed by atoms with E-state index in [0.29, 0.717) is 19.3 Å². The van der Waals surface area contributed by atoms with E-state index in [4.69, 9.17) is 0 Å². The first-order valence-electron chi connectivity index (χ1n) is 6.50. The van der Waals surface area contributed by atoms with Gasteiger partial charge in [-0.15, -0.1) is 0 Å². The van der Waals surface area contributed by atoms with Crippen LogP contribution in [0.4, 0.5) is 0 Å². The molecule has 0 aromatic rings. The molecule has 4 nitrogen and oxygen atoms in total. The van der Waals surface area contributed by atoms with E-state index in [9.17, 15) is 19.8 Å². The van der Waals surface area contributed by atoms with Crippen molar-refractivity contribution in [2.45, 2.75) is 47.2 Å². The van der Waals surface area contributed by atoms with E-state index in [0.717, 1.165) is 19.3 Å². The van der Waals surface area contributed by atoms with Crippen molar-refractivity contribution >= 4 is 11.9 Å². The van der Waals surface area contributed by atoms with Gasteiger partial charge < -0.3 is 0 Å². The first-order valence-corrected chi connectivity index (χ1v) is 12.7. The summed E-state index contributed by atoms with van der Waals surface area (Å²) in [6.07, 6.45) is 0. The maximum absolute atomic E-state index is 12.0. The van der Waals surface area contributed by atoms with Crippen LogP contribution < -0.4 is 0 Å². The first kappa shape index (κ1) is 6.07. The molecule has 0 bridgehead atoms. The van der Waals surface area contributed by atoms with Crippen molar-refractivity contribution < 1.29 is 26.3 Å². The Bertz CT molecular complexity index is 1000. The fraction of sp³-hybridized carbons (Fsp3) is 0.833. The van der Waals surface area contributed by atoms with Crippen molar-refractivity contribution in [2.24, 2.45) is 0 Å². The van der Waals surface area contributed by atoms with Gasteiger partial charge >= 0.3 is 85.4 Å². The average Bonchev–Trinajstić information content (AvgIpc) is 3.22. The van der Waals surface area contributed by atoms with Gasteiger partial charge in [0.25, 0.3) is 0 Å². The Morgan fingerprint density at radius 1 is 0.765 bits per heavy atom. The normalized spacial score (nSPS) is 123. The third-order valence-electron chi connectivity index (χ3n) is 15.5. The minimum atomic E-state index is -4.10. The molecule has 8 unspecified atom stereocenters. The zero-order chi connectivity index (χ0) is 11.1. The molecule has 10 saturated heterocycles. The number of carbonyl (C=O) groups is 2. The molecule has 90 valence electrons. The van der Waals surface area contributed by atoms with Crippen LogP contribution in [0.1, 0.15) is 0 Å². The second kappa shape index (κ2) is 0.432. The molecule has 8 atom stereocenters. The summed E-state index contributed by atoms with van der Waals surface area (Å²) in [6, 6.07) is 0. The summed E-state index contributed by atoms with van der Waals surface area (Å²) < 4.78 is -0.653. The van der Waals surface area contributed by atoms with Gasteiger partial charge in [-0.05, 0) is 0 Å². The van der Waals surface area contributed by atoms with Crippen molar-refractivity contribution in [1.82, 2.24) is 0 Å². The van der Waals surface area contributed by atoms with Crippen molar-refractivity contribution in [1.29, 1.82) is 0 Å². The molecule has 0 radical (unpaired) electrons. The van der Waals surface area contributed by atoms with Crippen LogP contribution in [-0.4, -0.2) is 22.2 Å². The SMILES string of the molecule is O=C(O)[C]12[CH]3[CH]4[CH]5[CH]1[Fe]45321678[CH]2[CH]1[CH]6[C]7(C(=O)O)[CH]28. The summed E-state index contributed by atoms with van der Waals surface area (Å²) >= 11 is 0. The van der Waals surface area contributed by atoms with Crippen molar-refractivity contribution in [2.75, 3.05) is 0 Å². The van der Waals surface area contributed by atoms with Gasteiger partial charge in [0, 0.05) is 0 Å². The number of carboxylic acid groups (broad SMARTS) is 2. The van der Waals surface area contributed by atoms with Crippen molar-refractivity contribution in [3.63, 3.8) is 0 Å². The van der Waals surface area contributed by atoms with Gasteiger partial charge in [-0.2, -0.15) is 0 Å². The third kappa shape index (κ3) is 0.0497. The predicted octanol–water partition coefficient (Wildman–Crippen LogP) is 2.29. The quantitative estimate of drug-likeness (QED) is 0.757. The van der Waals surface area contributed by atoms with Crippen LogP contribution in [-0.2, 0) is 16.1 Å². The second-order valence-corrected chi connectivity index (χ2v) is 33.6. The van der Waals surface area contributed by atoms with Crippen LogP contribution in [0.5, 0.6) is 0 Å². The summed E-state index contributed by atoms with van der Waals surface area (Å²) in [5.74, 6) is -1.07. The van der Waals surface area contributed by atoms with Crippen molar-refractivity contribution in [3.8, 4) is 0 Å². The number of aliphatic carboxylic acids is 2.